The molecule has 0 radical (unpaired) electrons. The van der Waals surface area contributed by atoms with Crippen LogP contribution in [-0.2, 0) is 23.9 Å². The van der Waals surface area contributed by atoms with Gasteiger partial charge in [-0.3, -0.25) is 9.59 Å². The van der Waals surface area contributed by atoms with Crippen molar-refractivity contribution in [1.29, 1.82) is 0 Å². The highest BCUT2D eigenvalue weighted by molar-refractivity contribution is 5.84. The van der Waals surface area contributed by atoms with Crippen LogP contribution in [0.4, 0.5) is 0 Å². The summed E-state index contributed by atoms with van der Waals surface area (Å²) in [5.74, 6) is -0.487. The van der Waals surface area contributed by atoms with E-state index in [0.29, 0.717) is 13.2 Å². The van der Waals surface area contributed by atoms with Crippen LogP contribution in [0, 0.1) is 17.3 Å². The SMILES string of the molecule is CNOCC(C)(C)COC1CCC(C(=O)OCC(=O)C(C)C)CC1. The van der Waals surface area contributed by atoms with E-state index < -0.39 is 0 Å². The molecule has 0 bridgehead atoms. The molecule has 1 aliphatic rings. The number of hydroxylamine groups is 1. The lowest BCUT2D eigenvalue weighted by Crippen LogP contribution is -2.33. The van der Waals surface area contributed by atoms with Crippen molar-refractivity contribution < 1.29 is 23.9 Å². The third kappa shape index (κ3) is 7.73. The summed E-state index contributed by atoms with van der Waals surface area (Å²) in [4.78, 5) is 28.8. The summed E-state index contributed by atoms with van der Waals surface area (Å²) in [6, 6.07) is 0. The lowest BCUT2D eigenvalue weighted by atomic mass is 9.87. The second kappa shape index (κ2) is 10.1. The molecular formula is C18H33NO5. The van der Waals surface area contributed by atoms with Gasteiger partial charge in [0.2, 0.25) is 0 Å². The van der Waals surface area contributed by atoms with Crippen LogP contribution >= 0.6 is 0 Å². The molecule has 24 heavy (non-hydrogen) atoms. The monoisotopic (exact) mass is 343 g/mol. The van der Waals surface area contributed by atoms with Crippen molar-refractivity contribution in [1.82, 2.24) is 5.48 Å². The molecule has 0 atom stereocenters. The number of hydrogen-bond donors (Lipinski definition) is 1. The first-order valence-corrected chi connectivity index (χ1v) is 8.84. The molecule has 0 aromatic rings. The number of ketones is 1. The van der Waals surface area contributed by atoms with Gasteiger partial charge in [-0.1, -0.05) is 27.7 Å². The van der Waals surface area contributed by atoms with Gasteiger partial charge in [0, 0.05) is 18.4 Å². The number of rotatable bonds is 10. The van der Waals surface area contributed by atoms with Crippen LogP contribution in [0.5, 0.6) is 0 Å². The third-order valence-corrected chi connectivity index (χ3v) is 4.33. The minimum Gasteiger partial charge on any atom is -0.457 e. The van der Waals surface area contributed by atoms with Crippen LogP contribution in [0.3, 0.4) is 0 Å². The van der Waals surface area contributed by atoms with Gasteiger partial charge in [0.15, 0.2) is 5.78 Å². The van der Waals surface area contributed by atoms with E-state index in [4.69, 9.17) is 14.3 Å². The van der Waals surface area contributed by atoms with Gasteiger partial charge < -0.3 is 14.3 Å². The van der Waals surface area contributed by atoms with Crippen LogP contribution in [0.25, 0.3) is 0 Å². The average molecular weight is 343 g/mol. The van der Waals surface area contributed by atoms with E-state index in [-0.39, 0.29) is 41.7 Å². The summed E-state index contributed by atoms with van der Waals surface area (Å²) >= 11 is 0. The normalized spacial score (nSPS) is 21.8. The predicted molar refractivity (Wildman–Crippen MR) is 91.3 cm³/mol. The fourth-order valence-corrected chi connectivity index (χ4v) is 2.54. The molecule has 0 unspecified atom stereocenters. The Morgan fingerprint density at radius 2 is 1.75 bits per heavy atom. The number of Topliss-reactive ketones (excluding diaryl/α,β-unsaturated/α-hetero) is 1. The first-order valence-electron chi connectivity index (χ1n) is 8.84. The maximum atomic E-state index is 12.0. The Kier molecular flexibility index (Phi) is 8.87. The van der Waals surface area contributed by atoms with E-state index in [9.17, 15) is 9.59 Å². The van der Waals surface area contributed by atoms with E-state index in [1.165, 1.54) is 0 Å². The highest BCUT2D eigenvalue weighted by Gasteiger charge is 2.29. The number of esters is 1. The fourth-order valence-electron chi connectivity index (χ4n) is 2.54. The molecule has 1 fully saturated rings. The van der Waals surface area contributed by atoms with Gasteiger partial charge in [-0.2, -0.15) is 0 Å². The third-order valence-electron chi connectivity index (χ3n) is 4.33. The Morgan fingerprint density at radius 3 is 2.29 bits per heavy atom. The lowest BCUT2D eigenvalue weighted by Gasteiger charge is -2.31. The van der Waals surface area contributed by atoms with Crippen molar-refractivity contribution in [2.45, 2.75) is 59.5 Å². The smallest absolute Gasteiger partial charge is 0.309 e. The van der Waals surface area contributed by atoms with Crippen molar-refractivity contribution in [3.63, 3.8) is 0 Å². The second-order valence-corrected chi connectivity index (χ2v) is 7.67. The highest BCUT2D eigenvalue weighted by atomic mass is 16.6. The molecule has 1 saturated carbocycles. The number of ether oxygens (including phenoxy) is 2. The summed E-state index contributed by atoms with van der Waals surface area (Å²) in [5.41, 5.74) is 2.62. The van der Waals surface area contributed by atoms with E-state index in [1.54, 1.807) is 7.05 Å². The van der Waals surface area contributed by atoms with Gasteiger partial charge in [-0.25, -0.2) is 5.48 Å². The maximum Gasteiger partial charge on any atom is 0.309 e. The predicted octanol–water partition coefficient (Wildman–Crippen LogP) is 2.51. The summed E-state index contributed by atoms with van der Waals surface area (Å²) in [7, 11) is 1.74. The topological polar surface area (TPSA) is 73.9 Å². The summed E-state index contributed by atoms with van der Waals surface area (Å²) in [6.07, 6.45) is 3.39. The number of carbonyl (C=O) groups is 2. The largest absolute Gasteiger partial charge is 0.457 e. The molecular weight excluding hydrogens is 310 g/mol. The Labute approximate surface area is 145 Å². The fraction of sp³-hybridized carbons (Fsp3) is 0.889. The van der Waals surface area contributed by atoms with Crippen molar-refractivity contribution in [2.24, 2.45) is 17.3 Å². The number of hydrogen-bond acceptors (Lipinski definition) is 6. The quantitative estimate of drug-likeness (QED) is 0.485. The first-order chi connectivity index (χ1) is 11.2. The lowest BCUT2D eigenvalue weighted by molar-refractivity contribution is -0.154. The molecule has 0 spiro atoms. The molecule has 1 rings (SSSR count). The minimum atomic E-state index is -0.245. The van der Waals surface area contributed by atoms with Gasteiger partial charge in [0.25, 0.3) is 0 Å². The van der Waals surface area contributed by atoms with Gasteiger partial charge in [0.1, 0.15) is 6.61 Å². The molecule has 0 aromatic carbocycles. The molecule has 1 N–H and O–H groups in total. The van der Waals surface area contributed by atoms with Gasteiger partial charge in [-0.05, 0) is 25.7 Å². The molecule has 0 amide bonds. The molecule has 0 aromatic heterocycles. The highest BCUT2D eigenvalue weighted by Crippen LogP contribution is 2.28. The zero-order chi connectivity index (χ0) is 18.2. The zero-order valence-electron chi connectivity index (χ0n) is 15.7. The van der Waals surface area contributed by atoms with Crippen molar-refractivity contribution in [3.8, 4) is 0 Å². The Bertz CT molecular complexity index is 400. The molecule has 0 heterocycles. The average Bonchev–Trinajstić information content (AvgIpc) is 2.56. The Hall–Kier alpha value is -0.980. The molecule has 1 aliphatic carbocycles. The van der Waals surface area contributed by atoms with E-state index in [0.717, 1.165) is 25.7 Å². The standard InChI is InChI=1S/C18H33NO5/c1-13(2)16(20)10-22-17(21)14-6-8-15(9-7-14)23-11-18(3,4)12-24-19-5/h13-15,19H,6-12H2,1-5H3. The molecule has 0 saturated heterocycles. The summed E-state index contributed by atoms with van der Waals surface area (Å²) in [6.45, 7) is 8.90. The van der Waals surface area contributed by atoms with Crippen LogP contribution < -0.4 is 5.48 Å². The summed E-state index contributed by atoms with van der Waals surface area (Å²) < 4.78 is 11.1. The molecule has 6 nitrogen and oxygen atoms in total. The Balaban J connectivity index is 2.26. The number of carbonyl (C=O) groups excluding carboxylic acids is 2. The van der Waals surface area contributed by atoms with Gasteiger partial charge in [0.05, 0.1) is 25.2 Å². The zero-order valence-corrected chi connectivity index (χ0v) is 15.7. The van der Waals surface area contributed by atoms with Crippen LogP contribution in [0.1, 0.15) is 53.4 Å². The maximum absolute atomic E-state index is 12.0. The van der Waals surface area contributed by atoms with Crippen molar-refractivity contribution in [2.75, 3.05) is 26.9 Å². The van der Waals surface area contributed by atoms with Gasteiger partial charge in [-0.15, -0.1) is 0 Å². The second-order valence-electron chi connectivity index (χ2n) is 7.67. The first kappa shape index (κ1) is 21.1. The molecule has 6 heteroatoms. The van der Waals surface area contributed by atoms with E-state index >= 15 is 0 Å². The van der Waals surface area contributed by atoms with Crippen molar-refractivity contribution >= 4 is 11.8 Å². The van der Waals surface area contributed by atoms with Crippen LogP contribution in [0.15, 0.2) is 0 Å². The molecule has 140 valence electrons. The Morgan fingerprint density at radius 1 is 1.12 bits per heavy atom. The van der Waals surface area contributed by atoms with Gasteiger partial charge >= 0.3 is 5.97 Å². The molecule has 0 aliphatic heterocycles. The summed E-state index contributed by atoms with van der Waals surface area (Å²) in [5, 5.41) is 0. The minimum absolute atomic E-state index is 0.0358. The van der Waals surface area contributed by atoms with Crippen LogP contribution in [-0.4, -0.2) is 44.7 Å². The van der Waals surface area contributed by atoms with E-state index in [2.05, 4.69) is 19.3 Å². The van der Waals surface area contributed by atoms with Crippen LogP contribution in [0.2, 0.25) is 0 Å². The number of nitrogens with one attached hydrogen (secondary N) is 1. The van der Waals surface area contributed by atoms with E-state index in [1.807, 2.05) is 13.8 Å². The van der Waals surface area contributed by atoms with Crippen molar-refractivity contribution in [3.05, 3.63) is 0 Å².